The zero-order chi connectivity index (χ0) is 18.8. The van der Waals surface area contributed by atoms with E-state index in [1.54, 1.807) is 12.1 Å². The quantitative estimate of drug-likeness (QED) is 0.491. The van der Waals surface area contributed by atoms with Gasteiger partial charge in [0.15, 0.2) is 15.8 Å². The Morgan fingerprint density at radius 1 is 1.16 bits per heavy atom. The maximum absolute atomic E-state index is 12.2. The summed E-state index contributed by atoms with van der Waals surface area (Å²) in [5, 5.41) is 0. The van der Waals surface area contributed by atoms with Crippen molar-refractivity contribution >= 4 is 21.7 Å². The first-order valence-electron chi connectivity index (χ1n) is 7.19. The number of carbonyl (C=O) groups is 1. The molecule has 25 heavy (non-hydrogen) atoms. The van der Waals surface area contributed by atoms with Crippen molar-refractivity contribution in [3.63, 3.8) is 0 Å². The SMILES string of the molecule is C#Cc1cc(-c2ccc(C)cc2)c(S(C)(=O)=O)cc1C(=O)N=C(N)N. The predicted octanol–water partition coefficient (Wildman–Crippen LogP) is 1.46. The summed E-state index contributed by atoms with van der Waals surface area (Å²) in [6, 6.07) is 9.99. The van der Waals surface area contributed by atoms with E-state index in [0.717, 1.165) is 11.8 Å². The van der Waals surface area contributed by atoms with Crippen LogP contribution in [0.4, 0.5) is 0 Å². The Bertz CT molecular complexity index is 1010. The molecule has 7 heteroatoms. The molecule has 0 aliphatic rings. The summed E-state index contributed by atoms with van der Waals surface area (Å²) in [6.45, 7) is 1.92. The standard InChI is InChI=1S/C18H17N3O3S/c1-4-12-9-14(13-7-5-11(2)6-8-13)16(25(3,23)24)10-15(12)17(22)21-18(19)20/h1,5-10H,2-3H3,(H4,19,20,21,22). The molecule has 2 rings (SSSR count). The van der Waals surface area contributed by atoms with Gasteiger partial charge in [-0.3, -0.25) is 4.79 Å². The number of benzene rings is 2. The number of nitrogens with zero attached hydrogens (tertiary/aromatic N) is 1. The van der Waals surface area contributed by atoms with Crippen LogP contribution in [0.1, 0.15) is 21.5 Å². The number of sulfone groups is 1. The van der Waals surface area contributed by atoms with E-state index >= 15 is 0 Å². The van der Waals surface area contributed by atoms with E-state index < -0.39 is 21.7 Å². The van der Waals surface area contributed by atoms with Gasteiger partial charge in [-0.05, 0) is 24.6 Å². The van der Waals surface area contributed by atoms with Gasteiger partial charge in [-0.2, -0.15) is 4.99 Å². The molecule has 0 spiro atoms. The Kier molecular flexibility index (Phi) is 4.95. The van der Waals surface area contributed by atoms with Crippen molar-refractivity contribution in [1.82, 2.24) is 0 Å². The monoisotopic (exact) mass is 355 g/mol. The molecule has 0 bridgehead atoms. The lowest BCUT2D eigenvalue weighted by atomic mass is 9.98. The van der Waals surface area contributed by atoms with Crippen LogP contribution in [0.2, 0.25) is 0 Å². The number of nitrogens with two attached hydrogens (primary N) is 2. The first-order chi connectivity index (χ1) is 11.6. The highest BCUT2D eigenvalue weighted by Gasteiger charge is 2.21. The molecule has 2 aromatic carbocycles. The number of terminal acetylenes is 1. The van der Waals surface area contributed by atoms with E-state index in [1.165, 1.54) is 12.1 Å². The van der Waals surface area contributed by atoms with Crippen molar-refractivity contribution in [2.24, 2.45) is 16.5 Å². The normalized spacial score (nSPS) is 10.8. The number of hydrogen-bond acceptors (Lipinski definition) is 3. The van der Waals surface area contributed by atoms with E-state index in [9.17, 15) is 13.2 Å². The summed E-state index contributed by atoms with van der Waals surface area (Å²) in [5.74, 6) is 1.15. The average Bonchev–Trinajstić information content (AvgIpc) is 2.52. The summed E-state index contributed by atoms with van der Waals surface area (Å²) in [7, 11) is -3.63. The molecule has 0 radical (unpaired) electrons. The number of guanidine groups is 1. The Morgan fingerprint density at radius 3 is 2.24 bits per heavy atom. The summed E-state index contributed by atoms with van der Waals surface area (Å²) in [4.78, 5) is 15.6. The first kappa shape index (κ1) is 18.2. The van der Waals surface area contributed by atoms with Crippen molar-refractivity contribution < 1.29 is 13.2 Å². The second-order valence-corrected chi connectivity index (χ2v) is 7.50. The first-order valence-corrected chi connectivity index (χ1v) is 9.08. The van der Waals surface area contributed by atoms with Gasteiger partial charge in [-0.25, -0.2) is 8.42 Å². The van der Waals surface area contributed by atoms with Gasteiger partial charge in [0.05, 0.1) is 10.5 Å². The highest BCUT2D eigenvalue weighted by Crippen LogP contribution is 2.31. The minimum Gasteiger partial charge on any atom is -0.370 e. The van der Waals surface area contributed by atoms with E-state index in [4.69, 9.17) is 17.9 Å². The lowest BCUT2D eigenvalue weighted by Gasteiger charge is -2.12. The van der Waals surface area contributed by atoms with Crippen LogP contribution in [0.3, 0.4) is 0 Å². The zero-order valence-corrected chi connectivity index (χ0v) is 14.6. The van der Waals surface area contributed by atoms with Crippen LogP contribution in [0, 0.1) is 19.3 Å². The maximum Gasteiger partial charge on any atom is 0.281 e. The van der Waals surface area contributed by atoms with E-state index in [0.29, 0.717) is 11.1 Å². The van der Waals surface area contributed by atoms with E-state index in [2.05, 4.69) is 10.9 Å². The molecule has 2 aromatic rings. The summed E-state index contributed by atoms with van der Waals surface area (Å²) in [5.41, 5.74) is 12.7. The molecule has 0 atom stereocenters. The van der Waals surface area contributed by atoms with Gasteiger partial charge in [-0.1, -0.05) is 35.7 Å². The fourth-order valence-corrected chi connectivity index (χ4v) is 3.23. The Morgan fingerprint density at radius 2 is 1.76 bits per heavy atom. The van der Waals surface area contributed by atoms with Gasteiger partial charge in [0.1, 0.15) is 0 Å². The lowest BCUT2D eigenvalue weighted by Crippen LogP contribution is -2.24. The van der Waals surface area contributed by atoms with Crippen LogP contribution in [-0.2, 0) is 9.84 Å². The minimum absolute atomic E-state index is 0.0236. The van der Waals surface area contributed by atoms with Crippen LogP contribution >= 0.6 is 0 Å². The molecule has 0 aromatic heterocycles. The number of amides is 1. The fraction of sp³-hybridized carbons (Fsp3) is 0.111. The van der Waals surface area contributed by atoms with Gasteiger partial charge >= 0.3 is 0 Å². The molecular formula is C18H17N3O3S. The molecule has 0 fully saturated rings. The number of hydrogen-bond donors (Lipinski definition) is 2. The smallest absolute Gasteiger partial charge is 0.281 e. The largest absolute Gasteiger partial charge is 0.370 e. The van der Waals surface area contributed by atoms with Crippen LogP contribution < -0.4 is 11.5 Å². The van der Waals surface area contributed by atoms with Crippen molar-refractivity contribution in [1.29, 1.82) is 0 Å². The molecule has 0 unspecified atom stereocenters. The lowest BCUT2D eigenvalue weighted by molar-refractivity contribution is 0.100. The van der Waals surface area contributed by atoms with Gasteiger partial charge < -0.3 is 11.5 Å². The van der Waals surface area contributed by atoms with Gasteiger partial charge in [0, 0.05) is 17.4 Å². The van der Waals surface area contributed by atoms with Crippen LogP contribution in [-0.4, -0.2) is 26.5 Å². The fourth-order valence-electron chi connectivity index (χ4n) is 2.32. The topological polar surface area (TPSA) is 116 Å². The zero-order valence-electron chi connectivity index (χ0n) is 13.8. The van der Waals surface area contributed by atoms with Crippen molar-refractivity contribution in [3.8, 4) is 23.5 Å². The highest BCUT2D eigenvalue weighted by atomic mass is 32.2. The van der Waals surface area contributed by atoms with Gasteiger partial charge in [0.2, 0.25) is 0 Å². The minimum atomic E-state index is -3.63. The molecule has 1 amide bonds. The average molecular weight is 355 g/mol. The second-order valence-electron chi connectivity index (χ2n) is 5.52. The van der Waals surface area contributed by atoms with E-state index in [1.807, 2.05) is 19.1 Å². The molecule has 0 saturated carbocycles. The molecule has 0 heterocycles. The van der Waals surface area contributed by atoms with Crippen molar-refractivity contribution in [2.45, 2.75) is 11.8 Å². The second kappa shape index (κ2) is 6.79. The maximum atomic E-state index is 12.2. The molecule has 0 aliphatic carbocycles. The van der Waals surface area contributed by atoms with Gasteiger partial charge in [0.25, 0.3) is 5.91 Å². The molecule has 4 N–H and O–H groups in total. The number of rotatable bonds is 3. The van der Waals surface area contributed by atoms with Crippen molar-refractivity contribution in [2.75, 3.05) is 6.26 Å². The van der Waals surface area contributed by atoms with Crippen LogP contribution in [0.15, 0.2) is 46.3 Å². The Balaban J connectivity index is 2.82. The van der Waals surface area contributed by atoms with Crippen LogP contribution in [0.25, 0.3) is 11.1 Å². The van der Waals surface area contributed by atoms with E-state index in [-0.39, 0.29) is 16.0 Å². The molecule has 0 saturated heterocycles. The summed E-state index contributed by atoms with van der Waals surface area (Å²) in [6.07, 6.45) is 6.55. The molecule has 0 aliphatic heterocycles. The number of carbonyl (C=O) groups excluding carboxylic acids is 1. The number of aliphatic imine (C=N–C) groups is 1. The highest BCUT2D eigenvalue weighted by molar-refractivity contribution is 7.90. The Labute approximate surface area is 146 Å². The third-order valence-electron chi connectivity index (χ3n) is 3.50. The number of aryl methyl sites for hydroxylation is 1. The molecule has 128 valence electrons. The van der Waals surface area contributed by atoms with Crippen molar-refractivity contribution in [3.05, 3.63) is 53.1 Å². The Hall–Kier alpha value is -3.11. The van der Waals surface area contributed by atoms with Gasteiger partial charge in [-0.15, -0.1) is 6.42 Å². The van der Waals surface area contributed by atoms with Crippen LogP contribution in [0.5, 0.6) is 0 Å². The third-order valence-corrected chi connectivity index (χ3v) is 4.64. The predicted molar refractivity (Wildman–Crippen MR) is 97.8 cm³/mol. The molecule has 6 nitrogen and oxygen atoms in total. The third kappa shape index (κ3) is 4.05. The summed E-state index contributed by atoms with van der Waals surface area (Å²) >= 11 is 0. The molecular weight excluding hydrogens is 338 g/mol. The summed E-state index contributed by atoms with van der Waals surface area (Å²) < 4.78 is 24.5.